The Bertz CT molecular complexity index is 1370. The number of hydroxylamine groups is 2. The quantitative estimate of drug-likeness (QED) is 0.431. The summed E-state index contributed by atoms with van der Waals surface area (Å²) in [7, 11) is 2.77. The number of fused-ring (bicyclic) bond motifs is 2. The molecule has 1 amide bonds. The molecule has 1 aliphatic rings. The fourth-order valence-electron chi connectivity index (χ4n) is 4.74. The molecular formula is C27H31FN2O5. The van der Waals surface area contributed by atoms with E-state index in [9.17, 15) is 14.8 Å². The summed E-state index contributed by atoms with van der Waals surface area (Å²) >= 11 is 0. The first-order chi connectivity index (χ1) is 16.4. The van der Waals surface area contributed by atoms with Crippen LogP contribution in [0.5, 0.6) is 5.75 Å². The zero-order valence-corrected chi connectivity index (χ0v) is 20.9. The van der Waals surface area contributed by atoms with Crippen LogP contribution in [0.4, 0.5) is 4.39 Å². The van der Waals surface area contributed by atoms with Crippen LogP contribution in [-0.2, 0) is 23.0 Å². The minimum absolute atomic E-state index is 0.244. The summed E-state index contributed by atoms with van der Waals surface area (Å²) in [6.07, 6.45) is 0.101. The molecule has 35 heavy (non-hydrogen) atoms. The number of likely N-dealkylation sites (N-methyl/N-ethyl adjacent to an activating group) is 1. The Morgan fingerprint density at radius 2 is 1.91 bits per heavy atom. The summed E-state index contributed by atoms with van der Waals surface area (Å²) in [4.78, 5) is 26.6. The number of halogens is 1. The first-order valence-corrected chi connectivity index (χ1v) is 11.6. The molecule has 0 radical (unpaired) electrons. The molecule has 0 fully saturated rings. The molecular weight excluding hydrogens is 451 g/mol. The van der Waals surface area contributed by atoms with Crippen LogP contribution in [-0.4, -0.2) is 40.0 Å². The molecule has 8 heteroatoms. The Hall–Kier alpha value is -3.23. The van der Waals surface area contributed by atoms with Crippen molar-refractivity contribution < 1.29 is 23.9 Å². The summed E-state index contributed by atoms with van der Waals surface area (Å²) in [5.41, 5.74) is 1.77. The van der Waals surface area contributed by atoms with Crippen molar-refractivity contribution in [3.63, 3.8) is 0 Å². The third-order valence-corrected chi connectivity index (χ3v) is 6.32. The molecule has 0 saturated carbocycles. The summed E-state index contributed by atoms with van der Waals surface area (Å²) in [5.74, 6) is -0.990. The van der Waals surface area contributed by atoms with Gasteiger partial charge in [0.1, 0.15) is 0 Å². The molecule has 4 rings (SSSR count). The minimum Gasteiger partial charge on any atom is -0.490 e. The second kappa shape index (κ2) is 9.09. The van der Waals surface area contributed by atoms with Gasteiger partial charge in [-0.3, -0.25) is 14.8 Å². The smallest absolute Gasteiger partial charge is 0.280 e. The van der Waals surface area contributed by atoms with Crippen molar-refractivity contribution in [3.8, 4) is 16.9 Å². The Labute approximate surface area is 203 Å². The highest BCUT2D eigenvalue weighted by molar-refractivity contribution is 6.00. The molecule has 0 saturated heterocycles. The molecule has 2 heterocycles. The number of benzene rings is 2. The second-order valence-corrected chi connectivity index (χ2v) is 9.93. The highest BCUT2D eigenvalue weighted by Crippen LogP contribution is 2.43. The number of hydrogen-bond acceptors (Lipinski definition) is 5. The highest BCUT2D eigenvalue weighted by atomic mass is 19.1. The summed E-state index contributed by atoms with van der Waals surface area (Å²) in [6, 6.07) is 8.44. The first kappa shape index (κ1) is 24.9. The maximum atomic E-state index is 15.3. The van der Waals surface area contributed by atoms with E-state index in [1.54, 1.807) is 52.1 Å². The van der Waals surface area contributed by atoms with Crippen LogP contribution in [0.25, 0.3) is 21.9 Å². The van der Waals surface area contributed by atoms with Gasteiger partial charge in [0.05, 0.1) is 17.9 Å². The normalized spacial score (nSPS) is 14.4. The third-order valence-electron chi connectivity index (χ3n) is 6.32. The van der Waals surface area contributed by atoms with E-state index in [2.05, 4.69) is 0 Å². The monoisotopic (exact) mass is 482 g/mol. The topological polar surface area (TPSA) is 81.0 Å². The van der Waals surface area contributed by atoms with E-state index < -0.39 is 23.4 Å². The molecule has 0 unspecified atom stereocenters. The number of aromatic nitrogens is 1. The molecule has 186 valence electrons. The number of pyridine rings is 1. The van der Waals surface area contributed by atoms with E-state index in [1.165, 1.54) is 17.7 Å². The molecule has 0 aliphatic carbocycles. The van der Waals surface area contributed by atoms with Crippen molar-refractivity contribution in [2.24, 2.45) is 7.05 Å². The standard InChI is InChI=1S/C27H31FN2O5/c1-15-16-12-9-13-34-23(16)20(28)14-19(15)21-17-10-7-8-11-18(17)25(31)29(5)22(21)24(26(32)30(6)33)35-27(2,3)4/h7-8,10-11,14,24,33H,9,12-13H2,1-6H3/t24-/m0/s1. The number of nitrogens with zero attached hydrogens (tertiary/aromatic N) is 2. The predicted octanol–water partition coefficient (Wildman–Crippen LogP) is 4.68. The molecule has 7 nitrogen and oxygen atoms in total. The average Bonchev–Trinajstić information content (AvgIpc) is 2.81. The van der Waals surface area contributed by atoms with E-state index in [1.807, 2.05) is 6.92 Å². The van der Waals surface area contributed by atoms with Crippen LogP contribution >= 0.6 is 0 Å². The number of hydrogen-bond donors (Lipinski definition) is 1. The number of amides is 1. The molecule has 1 N–H and O–H groups in total. The van der Waals surface area contributed by atoms with Crippen molar-refractivity contribution in [3.05, 3.63) is 63.3 Å². The molecule has 0 bridgehead atoms. The van der Waals surface area contributed by atoms with Gasteiger partial charge < -0.3 is 14.0 Å². The maximum Gasteiger partial charge on any atom is 0.280 e. The lowest BCUT2D eigenvalue weighted by Crippen LogP contribution is -2.38. The second-order valence-electron chi connectivity index (χ2n) is 9.93. The zero-order chi connectivity index (χ0) is 25.7. The minimum atomic E-state index is -1.32. The fraction of sp³-hybridized carbons (Fsp3) is 0.407. The average molecular weight is 483 g/mol. The SMILES string of the molecule is Cc1c(-c2c([C@H](OC(C)(C)C)C(=O)N(C)O)n(C)c(=O)c3ccccc23)cc(F)c2c1CCCO2. The van der Waals surface area contributed by atoms with Crippen molar-refractivity contribution in [1.82, 2.24) is 9.63 Å². The zero-order valence-electron chi connectivity index (χ0n) is 20.9. The Balaban J connectivity index is 2.16. The van der Waals surface area contributed by atoms with E-state index in [-0.39, 0.29) is 17.0 Å². The van der Waals surface area contributed by atoms with Gasteiger partial charge in [-0.2, -0.15) is 0 Å². The van der Waals surface area contributed by atoms with Crippen LogP contribution in [0.1, 0.15) is 50.1 Å². The molecule has 2 aromatic carbocycles. The van der Waals surface area contributed by atoms with Gasteiger partial charge in [0, 0.05) is 30.6 Å². The number of carbonyl (C=O) groups is 1. The third kappa shape index (κ3) is 4.44. The van der Waals surface area contributed by atoms with Gasteiger partial charge in [0.2, 0.25) is 0 Å². The lowest BCUT2D eigenvalue weighted by molar-refractivity contribution is -0.181. The molecule has 0 spiro atoms. The lowest BCUT2D eigenvalue weighted by Gasteiger charge is -2.31. The summed E-state index contributed by atoms with van der Waals surface area (Å²) in [6.45, 7) is 7.70. The predicted molar refractivity (Wildman–Crippen MR) is 131 cm³/mol. The number of ether oxygens (including phenoxy) is 2. The van der Waals surface area contributed by atoms with E-state index in [0.717, 1.165) is 17.5 Å². The van der Waals surface area contributed by atoms with Gasteiger partial charge in [0.15, 0.2) is 17.7 Å². The summed E-state index contributed by atoms with van der Waals surface area (Å²) < 4.78 is 28.5. The van der Waals surface area contributed by atoms with Crippen molar-refractivity contribution in [2.75, 3.05) is 13.7 Å². The number of rotatable bonds is 4. The van der Waals surface area contributed by atoms with Crippen LogP contribution < -0.4 is 10.3 Å². The van der Waals surface area contributed by atoms with Crippen LogP contribution in [0.3, 0.4) is 0 Å². The first-order valence-electron chi connectivity index (χ1n) is 11.6. The van der Waals surface area contributed by atoms with Crippen molar-refractivity contribution >= 4 is 16.7 Å². The van der Waals surface area contributed by atoms with Crippen molar-refractivity contribution in [1.29, 1.82) is 0 Å². The van der Waals surface area contributed by atoms with Gasteiger partial charge in [0.25, 0.3) is 11.5 Å². The summed E-state index contributed by atoms with van der Waals surface area (Å²) in [5, 5.41) is 11.5. The molecule has 1 atom stereocenters. The lowest BCUT2D eigenvalue weighted by atomic mass is 9.87. The van der Waals surface area contributed by atoms with E-state index in [0.29, 0.717) is 40.0 Å². The largest absolute Gasteiger partial charge is 0.490 e. The van der Waals surface area contributed by atoms with Crippen LogP contribution in [0.15, 0.2) is 35.1 Å². The Morgan fingerprint density at radius 3 is 2.54 bits per heavy atom. The molecule has 1 aliphatic heterocycles. The van der Waals surface area contributed by atoms with Crippen molar-refractivity contribution in [2.45, 2.75) is 52.2 Å². The molecule has 1 aromatic heterocycles. The maximum absolute atomic E-state index is 15.3. The van der Waals surface area contributed by atoms with Gasteiger partial charge in [-0.25, -0.2) is 9.45 Å². The number of carbonyl (C=O) groups excluding carboxylic acids is 1. The van der Waals surface area contributed by atoms with E-state index >= 15 is 4.39 Å². The van der Waals surface area contributed by atoms with Crippen LogP contribution in [0.2, 0.25) is 0 Å². The van der Waals surface area contributed by atoms with Gasteiger partial charge in [-0.15, -0.1) is 0 Å². The van der Waals surface area contributed by atoms with Gasteiger partial charge in [-0.05, 0) is 69.2 Å². The van der Waals surface area contributed by atoms with E-state index in [4.69, 9.17) is 9.47 Å². The molecule has 3 aromatic rings. The Morgan fingerprint density at radius 1 is 1.26 bits per heavy atom. The highest BCUT2D eigenvalue weighted by Gasteiger charge is 2.35. The van der Waals surface area contributed by atoms with Crippen LogP contribution in [0, 0.1) is 12.7 Å². The Kier molecular flexibility index (Phi) is 6.46. The fourth-order valence-corrected chi connectivity index (χ4v) is 4.74. The van der Waals surface area contributed by atoms with Gasteiger partial charge >= 0.3 is 0 Å². The van der Waals surface area contributed by atoms with Gasteiger partial charge in [-0.1, -0.05) is 18.2 Å².